The molecule has 0 unspecified atom stereocenters. The van der Waals surface area contributed by atoms with Gasteiger partial charge in [0.25, 0.3) is 5.91 Å². The number of rotatable bonds is 7. The van der Waals surface area contributed by atoms with Crippen molar-refractivity contribution in [3.8, 4) is 0 Å². The molecule has 2 aromatic carbocycles. The highest BCUT2D eigenvalue weighted by Crippen LogP contribution is 2.12. The van der Waals surface area contributed by atoms with Gasteiger partial charge in [-0.25, -0.2) is 5.43 Å². The van der Waals surface area contributed by atoms with Crippen molar-refractivity contribution in [2.24, 2.45) is 5.10 Å². The van der Waals surface area contributed by atoms with Crippen molar-refractivity contribution < 1.29 is 4.79 Å². The van der Waals surface area contributed by atoms with Crippen molar-refractivity contribution in [1.29, 1.82) is 0 Å². The first-order chi connectivity index (χ1) is 15.3. The lowest BCUT2D eigenvalue weighted by atomic mass is 10.1. The van der Waals surface area contributed by atoms with Crippen LogP contribution in [0.4, 0.5) is 0 Å². The molecule has 2 heterocycles. The van der Waals surface area contributed by atoms with Crippen LogP contribution in [0, 0.1) is 0 Å². The lowest BCUT2D eigenvalue weighted by Gasteiger charge is -2.34. The third kappa shape index (κ3) is 6.31. The van der Waals surface area contributed by atoms with E-state index in [0.717, 1.165) is 44.8 Å². The number of piperazine rings is 1. The minimum atomic E-state index is -0.216. The van der Waals surface area contributed by atoms with Gasteiger partial charge < -0.3 is 0 Å². The molecule has 0 atom stereocenters. The Kier molecular flexibility index (Phi) is 7.16. The summed E-state index contributed by atoms with van der Waals surface area (Å²) in [6, 6.07) is 22.1. The summed E-state index contributed by atoms with van der Waals surface area (Å²) in [7, 11) is 0. The van der Waals surface area contributed by atoms with E-state index in [1.54, 1.807) is 18.6 Å². The number of benzene rings is 2. The van der Waals surface area contributed by atoms with Crippen molar-refractivity contribution in [3.05, 3.63) is 101 Å². The average molecular weight is 414 g/mol. The predicted octanol–water partition coefficient (Wildman–Crippen LogP) is 3.16. The second-order valence-corrected chi connectivity index (χ2v) is 7.71. The maximum absolute atomic E-state index is 12.3. The monoisotopic (exact) mass is 413 g/mol. The van der Waals surface area contributed by atoms with E-state index in [1.165, 1.54) is 11.1 Å². The zero-order valence-electron chi connectivity index (χ0n) is 17.5. The van der Waals surface area contributed by atoms with Gasteiger partial charge >= 0.3 is 0 Å². The third-order valence-electron chi connectivity index (χ3n) is 5.42. The third-order valence-corrected chi connectivity index (χ3v) is 5.42. The van der Waals surface area contributed by atoms with E-state index in [-0.39, 0.29) is 5.91 Å². The van der Waals surface area contributed by atoms with E-state index in [9.17, 15) is 4.79 Å². The van der Waals surface area contributed by atoms with Gasteiger partial charge in [-0.3, -0.25) is 19.6 Å². The Morgan fingerprint density at radius 2 is 1.42 bits per heavy atom. The first-order valence-corrected chi connectivity index (χ1v) is 10.6. The predicted molar refractivity (Wildman–Crippen MR) is 123 cm³/mol. The van der Waals surface area contributed by atoms with E-state index in [4.69, 9.17) is 0 Å². The molecule has 1 aliphatic heterocycles. The van der Waals surface area contributed by atoms with E-state index in [0.29, 0.717) is 5.56 Å². The van der Waals surface area contributed by atoms with Gasteiger partial charge in [-0.1, -0.05) is 42.5 Å². The Bertz CT molecular complexity index is 981. The molecule has 6 heteroatoms. The molecule has 158 valence electrons. The van der Waals surface area contributed by atoms with Crippen LogP contribution in [0.2, 0.25) is 0 Å². The summed E-state index contributed by atoms with van der Waals surface area (Å²) in [5.74, 6) is -0.216. The van der Waals surface area contributed by atoms with Crippen LogP contribution in [-0.4, -0.2) is 53.1 Å². The Labute approximate surface area is 183 Å². The van der Waals surface area contributed by atoms with E-state index in [1.807, 2.05) is 36.4 Å². The Morgan fingerprint density at radius 3 is 2.03 bits per heavy atom. The maximum atomic E-state index is 12.3. The topological polar surface area (TPSA) is 60.8 Å². The van der Waals surface area contributed by atoms with Crippen LogP contribution < -0.4 is 5.43 Å². The van der Waals surface area contributed by atoms with Gasteiger partial charge in [-0.15, -0.1) is 0 Å². The highest BCUT2D eigenvalue weighted by Gasteiger charge is 2.17. The van der Waals surface area contributed by atoms with E-state index < -0.39 is 0 Å². The molecule has 0 saturated carbocycles. The summed E-state index contributed by atoms with van der Waals surface area (Å²) >= 11 is 0. The zero-order valence-corrected chi connectivity index (χ0v) is 17.5. The van der Waals surface area contributed by atoms with Crippen LogP contribution in [0.5, 0.6) is 0 Å². The van der Waals surface area contributed by atoms with Crippen molar-refractivity contribution in [2.45, 2.75) is 13.1 Å². The summed E-state index contributed by atoms with van der Waals surface area (Å²) in [6.45, 7) is 6.18. The standard InChI is InChI=1S/C25H27N5O/c31-25(28-27-18-21-10-12-26-13-11-21)24-8-6-23(7-9-24)20-30-16-14-29(15-17-30)19-22-4-2-1-3-5-22/h1-13,18H,14-17,19-20H2,(H,28,31)/b27-18-. The number of aromatic nitrogens is 1. The van der Waals surface area contributed by atoms with Crippen LogP contribution in [0.15, 0.2) is 84.2 Å². The van der Waals surface area contributed by atoms with Crippen LogP contribution in [-0.2, 0) is 13.1 Å². The molecule has 1 N–H and O–H groups in total. The Hall–Kier alpha value is -3.35. The van der Waals surface area contributed by atoms with Crippen molar-refractivity contribution in [3.63, 3.8) is 0 Å². The summed E-state index contributed by atoms with van der Waals surface area (Å²) in [5.41, 5.74) is 6.64. The molecule has 0 bridgehead atoms. The quantitative estimate of drug-likeness (QED) is 0.477. The molecule has 1 amide bonds. The van der Waals surface area contributed by atoms with Gasteiger partial charge in [0.1, 0.15) is 0 Å². The van der Waals surface area contributed by atoms with Crippen LogP contribution in [0.25, 0.3) is 0 Å². The molecule has 1 aromatic heterocycles. The molecular formula is C25H27N5O. The Morgan fingerprint density at radius 1 is 0.839 bits per heavy atom. The first-order valence-electron chi connectivity index (χ1n) is 10.6. The van der Waals surface area contributed by atoms with Gasteiger partial charge in [0, 0.05) is 57.2 Å². The number of pyridine rings is 1. The molecule has 1 aliphatic rings. The lowest BCUT2D eigenvalue weighted by molar-refractivity contribution is 0.0955. The second kappa shape index (κ2) is 10.6. The van der Waals surface area contributed by atoms with Crippen molar-refractivity contribution in [1.82, 2.24) is 20.2 Å². The number of nitrogens with zero attached hydrogens (tertiary/aromatic N) is 4. The maximum Gasteiger partial charge on any atom is 0.271 e. The minimum absolute atomic E-state index is 0.216. The molecular weight excluding hydrogens is 386 g/mol. The normalized spacial score (nSPS) is 15.2. The molecule has 6 nitrogen and oxygen atoms in total. The van der Waals surface area contributed by atoms with Crippen molar-refractivity contribution in [2.75, 3.05) is 26.2 Å². The molecule has 1 saturated heterocycles. The summed E-state index contributed by atoms with van der Waals surface area (Å²) in [5, 5.41) is 4.01. The smallest absolute Gasteiger partial charge is 0.271 e. The molecule has 0 aliphatic carbocycles. The number of amides is 1. The largest absolute Gasteiger partial charge is 0.297 e. The fraction of sp³-hybridized carbons (Fsp3) is 0.240. The number of carbonyl (C=O) groups excluding carboxylic acids is 1. The number of hydrogen-bond acceptors (Lipinski definition) is 5. The first kappa shape index (κ1) is 20.9. The molecule has 3 aromatic rings. The van der Waals surface area contributed by atoms with Gasteiger partial charge in [0.05, 0.1) is 6.21 Å². The van der Waals surface area contributed by atoms with Crippen molar-refractivity contribution >= 4 is 12.1 Å². The molecule has 0 spiro atoms. The van der Waals surface area contributed by atoms with Gasteiger partial charge in [-0.2, -0.15) is 5.10 Å². The molecule has 4 rings (SSSR count). The average Bonchev–Trinajstić information content (AvgIpc) is 2.82. The van der Waals surface area contributed by atoms with Crippen LogP contribution in [0.3, 0.4) is 0 Å². The fourth-order valence-corrected chi connectivity index (χ4v) is 3.65. The highest BCUT2D eigenvalue weighted by atomic mass is 16.2. The second-order valence-electron chi connectivity index (χ2n) is 7.71. The summed E-state index contributed by atoms with van der Waals surface area (Å²) in [6.07, 6.45) is 4.97. The van der Waals surface area contributed by atoms with Crippen LogP contribution in [0.1, 0.15) is 27.0 Å². The number of hydrogen-bond donors (Lipinski definition) is 1. The fourth-order valence-electron chi connectivity index (χ4n) is 3.65. The molecule has 0 radical (unpaired) electrons. The Balaban J connectivity index is 1.22. The summed E-state index contributed by atoms with van der Waals surface area (Å²) < 4.78 is 0. The highest BCUT2D eigenvalue weighted by molar-refractivity contribution is 5.94. The number of carbonyl (C=O) groups is 1. The van der Waals surface area contributed by atoms with Gasteiger partial charge in [-0.05, 0) is 41.0 Å². The minimum Gasteiger partial charge on any atom is -0.297 e. The van der Waals surface area contributed by atoms with Crippen LogP contribution >= 0.6 is 0 Å². The van der Waals surface area contributed by atoms with E-state index >= 15 is 0 Å². The zero-order chi connectivity index (χ0) is 21.3. The molecule has 31 heavy (non-hydrogen) atoms. The van der Waals surface area contributed by atoms with Gasteiger partial charge in [0.2, 0.25) is 0 Å². The lowest BCUT2D eigenvalue weighted by Crippen LogP contribution is -2.45. The number of hydrazone groups is 1. The summed E-state index contributed by atoms with van der Waals surface area (Å²) in [4.78, 5) is 21.2. The SMILES string of the molecule is O=C(N/N=C\c1ccncc1)c1ccc(CN2CCN(Cc3ccccc3)CC2)cc1. The van der Waals surface area contributed by atoms with Gasteiger partial charge in [0.15, 0.2) is 0 Å². The van der Waals surface area contributed by atoms with E-state index in [2.05, 4.69) is 55.6 Å². The number of nitrogens with one attached hydrogen (secondary N) is 1. The molecule has 1 fully saturated rings.